The molecule has 2 heteroatoms. The van der Waals surface area contributed by atoms with Crippen molar-refractivity contribution in [3.05, 3.63) is 29.6 Å². The van der Waals surface area contributed by atoms with E-state index in [1.807, 2.05) is 12.4 Å². The molecule has 0 saturated heterocycles. The Hall–Kier alpha value is -0.120. The van der Waals surface area contributed by atoms with Crippen molar-refractivity contribution in [2.24, 2.45) is 0 Å². The van der Waals surface area contributed by atoms with Crippen LogP contribution in [0.1, 0.15) is 27.9 Å². The van der Waals surface area contributed by atoms with E-state index in [4.69, 9.17) is 0 Å². The summed E-state index contributed by atoms with van der Waals surface area (Å²) in [5.74, 6) is 0. The maximum absolute atomic E-state index is 4.13. The maximum Gasteiger partial charge on any atom is 0.0363 e. The number of nitrogens with zero attached hydrogens (tertiary/aromatic N) is 1. The molecule has 0 aliphatic heterocycles. The molecule has 1 aliphatic carbocycles. The molecule has 0 fully saturated rings. The number of alkyl halides is 1. The Balaban J connectivity index is 2.44. The molecule has 1 nitrogen and oxygen atoms in total. The van der Waals surface area contributed by atoms with Crippen molar-refractivity contribution in [2.75, 3.05) is 0 Å². The molecular formula is C9H10IN. The average molecular weight is 259 g/mol. The molecule has 1 aliphatic rings. The number of halogens is 1. The summed E-state index contributed by atoms with van der Waals surface area (Å²) in [6.45, 7) is 0. The number of aryl methyl sites for hydroxylation is 1. The SMILES string of the molecule is IC1CCCc2cnccc21. The number of aromatic nitrogens is 1. The standard InChI is InChI=1S/C9H10IN/c10-9-3-1-2-7-6-11-5-4-8(7)9/h4-6,9H,1-3H2. The lowest BCUT2D eigenvalue weighted by molar-refractivity contribution is 0.685. The highest BCUT2D eigenvalue weighted by atomic mass is 127. The summed E-state index contributed by atoms with van der Waals surface area (Å²) in [5, 5.41) is 0. The molecule has 1 heterocycles. The van der Waals surface area contributed by atoms with Crippen LogP contribution in [0.5, 0.6) is 0 Å². The molecule has 0 N–H and O–H groups in total. The first-order chi connectivity index (χ1) is 5.38. The summed E-state index contributed by atoms with van der Waals surface area (Å²) < 4.78 is 0.722. The van der Waals surface area contributed by atoms with E-state index in [0.717, 1.165) is 3.92 Å². The molecule has 0 bridgehead atoms. The first-order valence-electron chi connectivity index (χ1n) is 3.95. The Kier molecular flexibility index (Phi) is 2.11. The number of hydrogen-bond acceptors (Lipinski definition) is 1. The van der Waals surface area contributed by atoms with E-state index < -0.39 is 0 Å². The molecule has 1 aromatic rings. The van der Waals surface area contributed by atoms with Gasteiger partial charge in [-0.05, 0) is 36.5 Å². The largest absolute Gasteiger partial charge is 0.264 e. The molecule has 1 unspecified atom stereocenters. The van der Waals surface area contributed by atoms with Crippen LogP contribution in [0.15, 0.2) is 18.5 Å². The van der Waals surface area contributed by atoms with Crippen LogP contribution < -0.4 is 0 Å². The van der Waals surface area contributed by atoms with Crippen LogP contribution in [-0.4, -0.2) is 4.98 Å². The van der Waals surface area contributed by atoms with E-state index in [9.17, 15) is 0 Å². The van der Waals surface area contributed by atoms with Crippen molar-refractivity contribution in [2.45, 2.75) is 23.2 Å². The second kappa shape index (κ2) is 3.09. The van der Waals surface area contributed by atoms with Crippen LogP contribution in [0.25, 0.3) is 0 Å². The summed E-state index contributed by atoms with van der Waals surface area (Å²) >= 11 is 2.52. The third-order valence-corrected chi connectivity index (χ3v) is 3.48. The van der Waals surface area contributed by atoms with E-state index in [1.165, 1.54) is 30.4 Å². The van der Waals surface area contributed by atoms with Gasteiger partial charge in [0.25, 0.3) is 0 Å². The van der Waals surface area contributed by atoms with E-state index >= 15 is 0 Å². The van der Waals surface area contributed by atoms with Gasteiger partial charge in [0.2, 0.25) is 0 Å². The quantitative estimate of drug-likeness (QED) is 0.515. The zero-order chi connectivity index (χ0) is 7.68. The minimum atomic E-state index is 0.722. The van der Waals surface area contributed by atoms with Crippen LogP contribution in [0.4, 0.5) is 0 Å². The number of hydrogen-bond donors (Lipinski definition) is 0. The van der Waals surface area contributed by atoms with Crippen LogP contribution in [-0.2, 0) is 6.42 Å². The third kappa shape index (κ3) is 1.41. The minimum Gasteiger partial charge on any atom is -0.264 e. The predicted molar refractivity (Wildman–Crippen MR) is 53.9 cm³/mol. The first-order valence-corrected chi connectivity index (χ1v) is 5.19. The van der Waals surface area contributed by atoms with Crippen molar-refractivity contribution >= 4 is 22.6 Å². The fraction of sp³-hybridized carbons (Fsp3) is 0.444. The van der Waals surface area contributed by atoms with Gasteiger partial charge in [-0.2, -0.15) is 0 Å². The van der Waals surface area contributed by atoms with Crippen LogP contribution >= 0.6 is 22.6 Å². The molecule has 0 amide bonds. The van der Waals surface area contributed by atoms with Crippen molar-refractivity contribution in [3.63, 3.8) is 0 Å². The van der Waals surface area contributed by atoms with Gasteiger partial charge in [-0.15, -0.1) is 0 Å². The van der Waals surface area contributed by atoms with Crippen LogP contribution in [0.2, 0.25) is 0 Å². The van der Waals surface area contributed by atoms with E-state index in [2.05, 4.69) is 33.6 Å². The van der Waals surface area contributed by atoms with E-state index in [0.29, 0.717) is 0 Å². The third-order valence-electron chi connectivity index (χ3n) is 2.18. The number of pyridine rings is 1. The monoisotopic (exact) mass is 259 g/mol. The van der Waals surface area contributed by atoms with Crippen molar-refractivity contribution in [3.8, 4) is 0 Å². The fourth-order valence-electron chi connectivity index (χ4n) is 1.58. The van der Waals surface area contributed by atoms with Gasteiger partial charge in [0.05, 0.1) is 0 Å². The maximum atomic E-state index is 4.13. The minimum absolute atomic E-state index is 0.722. The Morgan fingerprint density at radius 3 is 3.27 bits per heavy atom. The van der Waals surface area contributed by atoms with Crippen LogP contribution in [0.3, 0.4) is 0 Å². The molecule has 0 radical (unpaired) electrons. The Bertz CT molecular complexity index is 259. The molecular weight excluding hydrogens is 249 g/mol. The lowest BCUT2D eigenvalue weighted by Gasteiger charge is -2.19. The first kappa shape index (κ1) is 7.53. The van der Waals surface area contributed by atoms with Crippen molar-refractivity contribution in [1.29, 1.82) is 0 Å². The van der Waals surface area contributed by atoms with Crippen molar-refractivity contribution < 1.29 is 0 Å². The summed E-state index contributed by atoms with van der Waals surface area (Å²) in [6.07, 6.45) is 7.79. The van der Waals surface area contributed by atoms with Gasteiger partial charge in [0.1, 0.15) is 0 Å². The molecule has 1 atom stereocenters. The zero-order valence-electron chi connectivity index (χ0n) is 6.26. The van der Waals surface area contributed by atoms with Crippen LogP contribution in [0, 0.1) is 0 Å². The van der Waals surface area contributed by atoms with Gasteiger partial charge in [0.15, 0.2) is 0 Å². The number of rotatable bonds is 0. The second-order valence-corrected chi connectivity index (χ2v) is 4.44. The van der Waals surface area contributed by atoms with E-state index in [-0.39, 0.29) is 0 Å². The highest BCUT2D eigenvalue weighted by Crippen LogP contribution is 2.35. The Morgan fingerprint density at radius 1 is 1.55 bits per heavy atom. The van der Waals surface area contributed by atoms with Gasteiger partial charge in [-0.3, -0.25) is 4.98 Å². The Labute approximate surface area is 80.4 Å². The number of fused-ring (bicyclic) bond motifs is 1. The van der Waals surface area contributed by atoms with Gasteiger partial charge < -0.3 is 0 Å². The average Bonchev–Trinajstić information content (AvgIpc) is 2.06. The molecule has 2 rings (SSSR count). The lowest BCUT2D eigenvalue weighted by Crippen LogP contribution is -2.04. The summed E-state index contributed by atoms with van der Waals surface area (Å²) in [4.78, 5) is 4.13. The topological polar surface area (TPSA) is 12.9 Å². The normalized spacial score (nSPS) is 22.8. The van der Waals surface area contributed by atoms with Gasteiger partial charge in [0, 0.05) is 16.3 Å². The molecule has 0 saturated carbocycles. The molecule has 0 spiro atoms. The highest BCUT2D eigenvalue weighted by molar-refractivity contribution is 14.1. The fourth-order valence-corrected chi connectivity index (χ4v) is 2.63. The van der Waals surface area contributed by atoms with Gasteiger partial charge in [-0.25, -0.2) is 0 Å². The van der Waals surface area contributed by atoms with E-state index in [1.54, 1.807) is 0 Å². The molecule has 58 valence electrons. The Morgan fingerprint density at radius 2 is 2.45 bits per heavy atom. The van der Waals surface area contributed by atoms with Gasteiger partial charge >= 0.3 is 0 Å². The molecule has 11 heavy (non-hydrogen) atoms. The zero-order valence-corrected chi connectivity index (χ0v) is 8.41. The second-order valence-electron chi connectivity index (χ2n) is 2.93. The summed E-state index contributed by atoms with van der Waals surface area (Å²) in [7, 11) is 0. The predicted octanol–water partition coefficient (Wildman–Crippen LogP) is 2.89. The highest BCUT2D eigenvalue weighted by Gasteiger charge is 2.16. The van der Waals surface area contributed by atoms with Crippen molar-refractivity contribution in [1.82, 2.24) is 4.98 Å². The molecule has 0 aromatic carbocycles. The van der Waals surface area contributed by atoms with Gasteiger partial charge in [-0.1, -0.05) is 22.6 Å². The molecule has 1 aromatic heterocycles. The summed E-state index contributed by atoms with van der Waals surface area (Å²) in [6, 6.07) is 2.16. The summed E-state index contributed by atoms with van der Waals surface area (Å²) in [5.41, 5.74) is 2.96. The lowest BCUT2D eigenvalue weighted by atomic mass is 9.94. The smallest absolute Gasteiger partial charge is 0.0363 e.